The van der Waals surface area contributed by atoms with Gasteiger partial charge in [0.15, 0.2) is 5.82 Å². The molecular formula is C9H10F2N2. The summed E-state index contributed by atoms with van der Waals surface area (Å²) < 4.78 is 26.0. The molecule has 70 valence electrons. The van der Waals surface area contributed by atoms with Crippen molar-refractivity contribution in [3.63, 3.8) is 0 Å². The molecule has 1 heterocycles. The average molecular weight is 184 g/mol. The molecule has 2 N–H and O–H groups in total. The van der Waals surface area contributed by atoms with Gasteiger partial charge in [-0.3, -0.25) is 0 Å². The smallest absolute Gasteiger partial charge is 0.151 e. The molecule has 0 saturated carbocycles. The zero-order valence-corrected chi connectivity index (χ0v) is 7.03. The third kappa shape index (κ3) is 1.56. The highest BCUT2D eigenvalue weighted by Crippen LogP contribution is 2.27. The van der Waals surface area contributed by atoms with E-state index in [0.717, 1.165) is 19.0 Å². The van der Waals surface area contributed by atoms with E-state index in [1.165, 1.54) is 6.07 Å². The van der Waals surface area contributed by atoms with Crippen LogP contribution in [0, 0.1) is 11.6 Å². The highest BCUT2D eigenvalue weighted by atomic mass is 19.1. The van der Waals surface area contributed by atoms with Gasteiger partial charge in [0.05, 0.1) is 11.4 Å². The second kappa shape index (κ2) is 3.20. The van der Waals surface area contributed by atoms with Gasteiger partial charge in [0.25, 0.3) is 0 Å². The van der Waals surface area contributed by atoms with E-state index in [0.29, 0.717) is 17.9 Å². The van der Waals surface area contributed by atoms with E-state index < -0.39 is 11.6 Å². The van der Waals surface area contributed by atoms with Gasteiger partial charge in [-0.1, -0.05) is 0 Å². The Kier molecular flexibility index (Phi) is 2.04. The third-order valence-electron chi connectivity index (χ3n) is 2.03. The standard InChI is InChI=1S/C9H10F2N2/c10-6-4-7(11)9-8(5-6)12-2-1-3-13-9/h4-5,12-13H,1-3H2. The lowest BCUT2D eigenvalue weighted by Crippen LogP contribution is -2.01. The quantitative estimate of drug-likeness (QED) is 0.645. The van der Waals surface area contributed by atoms with Crippen LogP contribution in [-0.2, 0) is 0 Å². The second-order valence-electron chi connectivity index (χ2n) is 3.02. The molecule has 1 aromatic rings. The first-order chi connectivity index (χ1) is 6.27. The van der Waals surface area contributed by atoms with Crippen LogP contribution in [0.4, 0.5) is 20.2 Å². The molecule has 0 spiro atoms. The maximum Gasteiger partial charge on any atom is 0.151 e. The zero-order valence-electron chi connectivity index (χ0n) is 7.03. The van der Waals surface area contributed by atoms with E-state index in [-0.39, 0.29) is 0 Å². The first-order valence-electron chi connectivity index (χ1n) is 4.24. The van der Waals surface area contributed by atoms with Gasteiger partial charge in [0.1, 0.15) is 5.82 Å². The summed E-state index contributed by atoms with van der Waals surface area (Å²) in [7, 11) is 0. The van der Waals surface area contributed by atoms with Gasteiger partial charge >= 0.3 is 0 Å². The molecule has 13 heavy (non-hydrogen) atoms. The van der Waals surface area contributed by atoms with E-state index in [1.54, 1.807) is 0 Å². The summed E-state index contributed by atoms with van der Waals surface area (Å²) in [6.07, 6.45) is 0.899. The molecule has 0 bridgehead atoms. The van der Waals surface area contributed by atoms with Gasteiger partial charge in [-0.05, 0) is 12.5 Å². The van der Waals surface area contributed by atoms with Crippen molar-refractivity contribution in [2.24, 2.45) is 0 Å². The Labute approximate surface area is 75.0 Å². The van der Waals surface area contributed by atoms with Crippen LogP contribution in [0.25, 0.3) is 0 Å². The van der Waals surface area contributed by atoms with E-state index >= 15 is 0 Å². The fourth-order valence-corrected chi connectivity index (χ4v) is 1.42. The Morgan fingerprint density at radius 3 is 2.69 bits per heavy atom. The predicted octanol–water partition coefficient (Wildman–Crippen LogP) is 2.19. The second-order valence-corrected chi connectivity index (χ2v) is 3.02. The van der Waals surface area contributed by atoms with Gasteiger partial charge in [0, 0.05) is 19.2 Å². The fourth-order valence-electron chi connectivity index (χ4n) is 1.42. The van der Waals surface area contributed by atoms with Gasteiger partial charge in [0.2, 0.25) is 0 Å². The maximum absolute atomic E-state index is 13.2. The van der Waals surface area contributed by atoms with E-state index in [4.69, 9.17) is 0 Å². The Bertz CT molecular complexity index is 326. The van der Waals surface area contributed by atoms with Crippen molar-refractivity contribution >= 4 is 11.4 Å². The van der Waals surface area contributed by atoms with Gasteiger partial charge in [-0.15, -0.1) is 0 Å². The van der Waals surface area contributed by atoms with Crippen molar-refractivity contribution in [2.75, 3.05) is 23.7 Å². The van der Waals surface area contributed by atoms with E-state index in [2.05, 4.69) is 10.6 Å². The van der Waals surface area contributed by atoms with Gasteiger partial charge in [-0.2, -0.15) is 0 Å². The van der Waals surface area contributed by atoms with Crippen molar-refractivity contribution < 1.29 is 8.78 Å². The summed E-state index contributed by atoms with van der Waals surface area (Å²) in [5.74, 6) is -1.09. The number of nitrogens with one attached hydrogen (secondary N) is 2. The van der Waals surface area contributed by atoms with Crippen molar-refractivity contribution in [1.82, 2.24) is 0 Å². The monoisotopic (exact) mass is 184 g/mol. The van der Waals surface area contributed by atoms with Gasteiger partial charge < -0.3 is 10.6 Å². The van der Waals surface area contributed by atoms with Crippen LogP contribution in [0.5, 0.6) is 0 Å². The first-order valence-corrected chi connectivity index (χ1v) is 4.24. The number of hydrogen-bond acceptors (Lipinski definition) is 2. The summed E-state index contributed by atoms with van der Waals surface area (Å²) in [4.78, 5) is 0. The fraction of sp³-hybridized carbons (Fsp3) is 0.333. The van der Waals surface area contributed by atoms with Crippen LogP contribution in [0.15, 0.2) is 12.1 Å². The third-order valence-corrected chi connectivity index (χ3v) is 2.03. The minimum atomic E-state index is -0.549. The lowest BCUT2D eigenvalue weighted by Gasteiger charge is -2.08. The number of rotatable bonds is 0. The van der Waals surface area contributed by atoms with Crippen LogP contribution in [-0.4, -0.2) is 13.1 Å². The molecule has 0 fully saturated rings. The topological polar surface area (TPSA) is 24.1 Å². The van der Waals surface area contributed by atoms with Crippen molar-refractivity contribution in [2.45, 2.75) is 6.42 Å². The molecule has 1 aliphatic rings. The number of benzene rings is 1. The Balaban J connectivity index is 2.47. The SMILES string of the molecule is Fc1cc(F)c2c(c1)NCCCN2. The molecule has 4 heteroatoms. The molecule has 0 unspecified atom stereocenters. The molecule has 2 nitrogen and oxygen atoms in total. The van der Waals surface area contributed by atoms with Crippen molar-refractivity contribution in [3.8, 4) is 0 Å². The Hall–Kier alpha value is -1.32. The molecule has 0 amide bonds. The van der Waals surface area contributed by atoms with E-state index in [1.807, 2.05) is 0 Å². The number of halogens is 2. The molecule has 0 aromatic heterocycles. The summed E-state index contributed by atoms with van der Waals surface area (Å²) in [6, 6.07) is 2.19. The number of fused-ring (bicyclic) bond motifs is 1. The van der Waals surface area contributed by atoms with Crippen LogP contribution in [0.3, 0.4) is 0 Å². The highest BCUT2D eigenvalue weighted by Gasteiger charge is 2.12. The lowest BCUT2D eigenvalue weighted by molar-refractivity contribution is 0.586. The minimum absolute atomic E-state index is 0.374. The molecular weight excluding hydrogens is 174 g/mol. The van der Waals surface area contributed by atoms with Gasteiger partial charge in [-0.25, -0.2) is 8.78 Å². The Morgan fingerprint density at radius 2 is 1.85 bits per heavy atom. The summed E-state index contributed by atoms with van der Waals surface area (Å²) in [5.41, 5.74) is 0.883. The number of anilines is 2. The molecule has 0 radical (unpaired) electrons. The average Bonchev–Trinajstić information content (AvgIpc) is 2.28. The highest BCUT2D eigenvalue weighted by molar-refractivity contribution is 5.70. The van der Waals surface area contributed by atoms with Crippen LogP contribution >= 0.6 is 0 Å². The summed E-state index contributed by atoms with van der Waals surface area (Å²) in [6.45, 7) is 1.45. The van der Waals surface area contributed by atoms with Crippen LogP contribution in [0.2, 0.25) is 0 Å². The number of hydrogen-bond donors (Lipinski definition) is 2. The van der Waals surface area contributed by atoms with Crippen molar-refractivity contribution in [3.05, 3.63) is 23.8 Å². The molecule has 1 aromatic carbocycles. The molecule has 0 atom stereocenters. The van der Waals surface area contributed by atoms with Crippen LogP contribution < -0.4 is 10.6 Å². The lowest BCUT2D eigenvalue weighted by atomic mass is 10.2. The molecule has 0 saturated heterocycles. The van der Waals surface area contributed by atoms with E-state index in [9.17, 15) is 8.78 Å². The summed E-state index contributed by atoms with van der Waals surface area (Å²) in [5, 5.41) is 5.88. The first kappa shape index (κ1) is 8.29. The zero-order chi connectivity index (χ0) is 9.26. The maximum atomic E-state index is 13.2. The molecule has 1 aliphatic heterocycles. The summed E-state index contributed by atoms with van der Waals surface area (Å²) >= 11 is 0. The molecule has 0 aliphatic carbocycles. The largest absolute Gasteiger partial charge is 0.383 e. The van der Waals surface area contributed by atoms with Crippen molar-refractivity contribution in [1.29, 1.82) is 0 Å². The molecule has 2 rings (SSSR count). The minimum Gasteiger partial charge on any atom is -0.383 e. The normalized spacial score (nSPS) is 15.2. The Morgan fingerprint density at radius 1 is 1.08 bits per heavy atom. The predicted molar refractivity (Wildman–Crippen MR) is 48.0 cm³/mol. The van der Waals surface area contributed by atoms with Crippen LogP contribution in [0.1, 0.15) is 6.42 Å².